The van der Waals surface area contributed by atoms with Gasteiger partial charge in [0.25, 0.3) is 0 Å². The first-order valence-electron chi connectivity index (χ1n) is 6.64. The van der Waals surface area contributed by atoms with E-state index in [0.29, 0.717) is 0 Å². The van der Waals surface area contributed by atoms with Gasteiger partial charge in [0.1, 0.15) is 17.4 Å². The smallest absolute Gasteiger partial charge is 0.468 e. The van der Waals surface area contributed by atoms with Gasteiger partial charge in [-0.05, 0) is 27.7 Å². The van der Waals surface area contributed by atoms with Crippen molar-refractivity contribution < 1.29 is 27.6 Å². The lowest BCUT2D eigenvalue weighted by atomic mass is 9.78. The number of hydrogen-bond acceptors (Lipinski definition) is 4. The predicted molar refractivity (Wildman–Crippen MR) is 74.6 cm³/mol. The topological polar surface area (TPSA) is 36.9 Å². The van der Waals surface area contributed by atoms with Gasteiger partial charge in [0, 0.05) is 19.2 Å². The molecule has 0 bridgehead atoms. The summed E-state index contributed by atoms with van der Waals surface area (Å²) in [6.45, 7) is 7.28. The van der Waals surface area contributed by atoms with Gasteiger partial charge in [-0.2, -0.15) is 0 Å². The van der Waals surface area contributed by atoms with E-state index in [0.717, 1.165) is 12.1 Å². The second-order valence-electron chi connectivity index (χ2n) is 5.94. The molecule has 7 heteroatoms. The average molecular weight is 300 g/mol. The Balaban J connectivity index is 2.40. The lowest BCUT2D eigenvalue weighted by molar-refractivity contribution is 0.00578. The first-order valence-corrected chi connectivity index (χ1v) is 6.64. The van der Waals surface area contributed by atoms with Crippen molar-refractivity contribution in [1.82, 2.24) is 0 Å². The van der Waals surface area contributed by atoms with Crippen molar-refractivity contribution in [2.75, 3.05) is 13.9 Å². The third-order valence-corrected chi connectivity index (χ3v) is 3.88. The first kappa shape index (κ1) is 16.2. The Kier molecular flexibility index (Phi) is 4.28. The fraction of sp³-hybridized carbons (Fsp3) is 0.571. The maximum Gasteiger partial charge on any atom is 0.501 e. The van der Waals surface area contributed by atoms with Gasteiger partial charge in [0.2, 0.25) is 0 Å². The summed E-state index contributed by atoms with van der Waals surface area (Å²) in [6, 6.07) is 1.86. The molecule has 1 heterocycles. The largest absolute Gasteiger partial charge is 0.501 e. The fourth-order valence-corrected chi connectivity index (χ4v) is 1.99. The summed E-state index contributed by atoms with van der Waals surface area (Å²) in [6.07, 6.45) is 0. The summed E-state index contributed by atoms with van der Waals surface area (Å²) >= 11 is 0. The lowest BCUT2D eigenvalue weighted by Crippen LogP contribution is -2.41. The summed E-state index contributed by atoms with van der Waals surface area (Å²) < 4.78 is 49.1. The Morgan fingerprint density at radius 2 is 1.67 bits per heavy atom. The van der Waals surface area contributed by atoms with Crippen LogP contribution in [0.3, 0.4) is 0 Å². The van der Waals surface area contributed by atoms with Crippen LogP contribution in [0.4, 0.5) is 8.78 Å². The van der Waals surface area contributed by atoms with E-state index >= 15 is 0 Å². The average Bonchev–Trinajstić information content (AvgIpc) is 2.54. The molecule has 2 rings (SSSR count). The number of rotatable bonds is 4. The molecule has 1 aliphatic heterocycles. The zero-order chi connectivity index (χ0) is 15.8. The minimum absolute atomic E-state index is 0.00727. The molecule has 1 saturated heterocycles. The van der Waals surface area contributed by atoms with Crippen molar-refractivity contribution in [3.63, 3.8) is 0 Å². The lowest BCUT2D eigenvalue weighted by Gasteiger charge is -2.32. The van der Waals surface area contributed by atoms with Gasteiger partial charge in [-0.15, -0.1) is 0 Å². The van der Waals surface area contributed by atoms with E-state index in [-0.39, 0.29) is 18.0 Å². The van der Waals surface area contributed by atoms with Crippen LogP contribution >= 0.6 is 0 Å². The van der Waals surface area contributed by atoms with Crippen molar-refractivity contribution in [2.24, 2.45) is 0 Å². The molecule has 1 aromatic carbocycles. The molecule has 0 spiro atoms. The molecular formula is C14H19BF2O4. The van der Waals surface area contributed by atoms with E-state index < -0.39 is 30.0 Å². The van der Waals surface area contributed by atoms with Gasteiger partial charge in [-0.1, -0.05) is 0 Å². The third kappa shape index (κ3) is 3.05. The van der Waals surface area contributed by atoms with E-state index in [1.165, 1.54) is 7.11 Å². The van der Waals surface area contributed by atoms with Crippen LogP contribution < -0.4 is 10.2 Å². The molecule has 21 heavy (non-hydrogen) atoms. The summed E-state index contributed by atoms with van der Waals surface area (Å²) in [7, 11) is 0.451. The van der Waals surface area contributed by atoms with E-state index in [1.54, 1.807) is 0 Å². The number of methoxy groups -OCH3 is 1. The molecular weight excluding hydrogens is 281 g/mol. The van der Waals surface area contributed by atoms with E-state index in [1.807, 2.05) is 27.7 Å². The Morgan fingerprint density at radius 1 is 1.10 bits per heavy atom. The van der Waals surface area contributed by atoms with Gasteiger partial charge < -0.3 is 18.8 Å². The van der Waals surface area contributed by atoms with Crippen molar-refractivity contribution in [3.8, 4) is 5.75 Å². The number of halogens is 2. The van der Waals surface area contributed by atoms with Crippen LogP contribution in [0.25, 0.3) is 0 Å². The van der Waals surface area contributed by atoms with Crippen LogP contribution in [0, 0.1) is 11.6 Å². The van der Waals surface area contributed by atoms with Gasteiger partial charge >= 0.3 is 7.12 Å². The maximum absolute atomic E-state index is 14.2. The second kappa shape index (κ2) is 5.55. The molecule has 0 amide bonds. The third-order valence-electron chi connectivity index (χ3n) is 3.88. The van der Waals surface area contributed by atoms with Crippen LogP contribution in [0.5, 0.6) is 5.75 Å². The number of benzene rings is 1. The van der Waals surface area contributed by atoms with E-state index in [4.69, 9.17) is 18.8 Å². The molecule has 0 atom stereocenters. The van der Waals surface area contributed by atoms with Crippen LogP contribution in [-0.2, 0) is 14.0 Å². The molecule has 1 fully saturated rings. The van der Waals surface area contributed by atoms with Crippen molar-refractivity contribution in [1.29, 1.82) is 0 Å². The van der Waals surface area contributed by atoms with E-state index in [2.05, 4.69) is 0 Å². The highest BCUT2D eigenvalue weighted by Crippen LogP contribution is 2.37. The Morgan fingerprint density at radius 3 is 2.19 bits per heavy atom. The molecule has 0 aromatic heterocycles. The van der Waals surface area contributed by atoms with E-state index in [9.17, 15) is 8.78 Å². The van der Waals surface area contributed by atoms with Crippen LogP contribution in [-0.4, -0.2) is 32.2 Å². The molecule has 0 aliphatic carbocycles. The number of hydrogen-bond donors (Lipinski definition) is 0. The SMILES string of the molecule is COCOc1cc(F)cc(F)c1B1OC(C)(C)C(C)(C)O1. The van der Waals surface area contributed by atoms with Gasteiger partial charge in [-0.3, -0.25) is 0 Å². The Bertz CT molecular complexity index is 518. The van der Waals surface area contributed by atoms with Crippen LogP contribution in [0.15, 0.2) is 12.1 Å². The molecule has 0 saturated carbocycles. The second-order valence-corrected chi connectivity index (χ2v) is 5.94. The van der Waals surface area contributed by atoms with Crippen molar-refractivity contribution >= 4 is 12.6 Å². The van der Waals surface area contributed by atoms with Crippen molar-refractivity contribution in [3.05, 3.63) is 23.8 Å². The summed E-state index contributed by atoms with van der Waals surface area (Å²) in [5.41, 5.74) is -1.22. The first-order chi connectivity index (χ1) is 9.68. The van der Waals surface area contributed by atoms with Crippen LogP contribution in [0.1, 0.15) is 27.7 Å². The quantitative estimate of drug-likeness (QED) is 0.631. The molecule has 4 nitrogen and oxygen atoms in total. The van der Waals surface area contributed by atoms with Crippen molar-refractivity contribution in [2.45, 2.75) is 38.9 Å². The zero-order valence-corrected chi connectivity index (χ0v) is 12.8. The zero-order valence-electron chi connectivity index (χ0n) is 12.8. The fourth-order valence-electron chi connectivity index (χ4n) is 1.99. The Hall–Kier alpha value is -1.18. The van der Waals surface area contributed by atoms with Crippen LogP contribution in [0.2, 0.25) is 0 Å². The summed E-state index contributed by atoms with van der Waals surface area (Å²) in [4.78, 5) is 0. The summed E-state index contributed by atoms with van der Waals surface area (Å²) in [5.74, 6) is -1.51. The minimum atomic E-state index is -0.970. The Labute approximate surface area is 123 Å². The highest BCUT2D eigenvalue weighted by Gasteiger charge is 2.53. The summed E-state index contributed by atoms with van der Waals surface area (Å²) in [5, 5.41) is 0. The molecule has 1 aromatic rings. The minimum Gasteiger partial charge on any atom is -0.468 e. The van der Waals surface area contributed by atoms with Gasteiger partial charge in [0.05, 0.1) is 16.7 Å². The van der Waals surface area contributed by atoms with Gasteiger partial charge in [-0.25, -0.2) is 8.78 Å². The highest BCUT2D eigenvalue weighted by molar-refractivity contribution is 6.63. The van der Waals surface area contributed by atoms with Gasteiger partial charge in [0.15, 0.2) is 6.79 Å². The highest BCUT2D eigenvalue weighted by atomic mass is 19.1. The molecule has 0 radical (unpaired) electrons. The predicted octanol–water partition coefficient (Wildman–Crippen LogP) is 2.25. The maximum atomic E-state index is 14.2. The number of ether oxygens (including phenoxy) is 2. The molecule has 1 aliphatic rings. The molecule has 0 N–H and O–H groups in total. The monoisotopic (exact) mass is 300 g/mol. The standard InChI is InChI=1S/C14H19BF2O4/c1-13(2)14(3,4)21-15(20-13)12-10(17)6-9(16)7-11(12)19-8-18-5/h6-7H,8H2,1-5H3. The normalized spacial score (nSPS) is 19.9. The molecule has 116 valence electrons. The molecule has 0 unspecified atom stereocenters.